The minimum absolute atomic E-state index is 0.152. The summed E-state index contributed by atoms with van der Waals surface area (Å²) in [6, 6.07) is 9.23. The Hall–Kier alpha value is -1.76. The fourth-order valence-corrected chi connectivity index (χ4v) is 3.77. The van der Waals surface area contributed by atoms with E-state index in [1.807, 2.05) is 22.4 Å². The van der Waals surface area contributed by atoms with Crippen LogP contribution in [0.4, 0.5) is 10.5 Å². The molecule has 1 fully saturated rings. The number of carbonyl (C=O) groups is 1. The van der Waals surface area contributed by atoms with Crippen molar-refractivity contribution in [1.82, 2.24) is 4.90 Å². The van der Waals surface area contributed by atoms with Crippen molar-refractivity contribution in [2.24, 2.45) is 0 Å². The minimum Gasteiger partial charge on any atom is -0.495 e. The standard InChI is InChI=1S/C18H21ClN2O3S/c1-23-17-5-4-13(19)11-16(17)20-18(22)21(12-15-3-2-10-25-15)14-6-8-24-9-7-14/h2-5,10-11,14H,6-9,12H2,1H3,(H,20,22). The first-order valence-electron chi connectivity index (χ1n) is 8.18. The van der Waals surface area contributed by atoms with Crippen molar-refractivity contribution < 1.29 is 14.3 Å². The van der Waals surface area contributed by atoms with E-state index < -0.39 is 0 Å². The lowest BCUT2D eigenvalue weighted by Crippen LogP contribution is -2.45. The quantitative estimate of drug-likeness (QED) is 0.823. The van der Waals surface area contributed by atoms with Crippen LogP contribution in [-0.4, -0.2) is 37.3 Å². The normalized spacial score (nSPS) is 15.0. The Morgan fingerprint density at radius 1 is 1.40 bits per heavy atom. The van der Waals surface area contributed by atoms with Crippen LogP contribution < -0.4 is 10.1 Å². The third kappa shape index (κ3) is 4.66. The van der Waals surface area contributed by atoms with Gasteiger partial charge in [0.25, 0.3) is 0 Å². The zero-order valence-electron chi connectivity index (χ0n) is 14.0. The molecule has 134 valence electrons. The van der Waals surface area contributed by atoms with Gasteiger partial charge in [0.15, 0.2) is 0 Å². The van der Waals surface area contributed by atoms with Crippen LogP contribution in [0.1, 0.15) is 17.7 Å². The van der Waals surface area contributed by atoms with Crippen LogP contribution >= 0.6 is 22.9 Å². The maximum atomic E-state index is 13.0. The Morgan fingerprint density at radius 3 is 2.88 bits per heavy atom. The van der Waals surface area contributed by atoms with E-state index in [1.165, 1.54) is 0 Å². The average Bonchev–Trinajstić information content (AvgIpc) is 3.14. The summed E-state index contributed by atoms with van der Waals surface area (Å²) in [5.74, 6) is 0.584. The highest BCUT2D eigenvalue weighted by Gasteiger charge is 2.27. The molecule has 0 bridgehead atoms. The van der Waals surface area contributed by atoms with E-state index in [0.717, 1.165) is 17.7 Å². The molecule has 25 heavy (non-hydrogen) atoms. The number of methoxy groups -OCH3 is 1. The molecule has 0 radical (unpaired) electrons. The lowest BCUT2D eigenvalue weighted by Gasteiger charge is -2.34. The van der Waals surface area contributed by atoms with Crippen molar-refractivity contribution in [3.05, 3.63) is 45.6 Å². The molecule has 5 nitrogen and oxygen atoms in total. The molecule has 1 saturated heterocycles. The average molecular weight is 381 g/mol. The molecule has 0 saturated carbocycles. The number of anilines is 1. The van der Waals surface area contributed by atoms with E-state index in [2.05, 4.69) is 5.32 Å². The van der Waals surface area contributed by atoms with E-state index in [-0.39, 0.29) is 12.1 Å². The number of hydrogen-bond acceptors (Lipinski definition) is 4. The Kier molecular flexibility index (Phi) is 6.18. The number of nitrogens with one attached hydrogen (secondary N) is 1. The van der Waals surface area contributed by atoms with Crippen molar-refractivity contribution >= 4 is 34.7 Å². The molecular weight excluding hydrogens is 360 g/mol. The molecule has 2 amide bonds. The van der Waals surface area contributed by atoms with E-state index >= 15 is 0 Å². The molecule has 1 aliphatic heterocycles. The second-order valence-electron chi connectivity index (χ2n) is 5.83. The largest absolute Gasteiger partial charge is 0.495 e. The molecule has 1 aliphatic rings. The van der Waals surface area contributed by atoms with Gasteiger partial charge in [0.1, 0.15) is 5.75 Å². The number of hydrogen-bond donors (Lipinski definition) is 1. The van der Waals surface area contributed by atoms with E-state index in [4.69, 9.17) is 21.1 Å². The van der Waals surface area contributed by atoms with Gasteiger partial charge >= 0.3 is 6.03 Å². The van der Waals surface area contributed by atoms with Gasteiger partial charge < -0.3 is 19.7 Å². The highest BCUT2D eigenvalue weighted by Crippen LogP contribution is 2.29. The lowest BCUT2D eigenvalue weighted by molar-refractivity contribution is 0.0462. The maximum Gasteiger partial charge on any atom is 0.322 e. The Balaban J connectivity index is 1.79. The SMILES string of the molecule is COc1ccc(Cl)cc1NC(=O)N(Cc1cccs1)C1CCOCC1. The summed E-state index contributed by atoms with van der Waals surface area (Å²) in [7, 11) is 1.57. The third-order valence-corrected chi connectivity index (χ3v) is 5.30. The molecule has 1 aromatic carbocycles. The summed E-state index contributed by atoms with van der Waals surface area (Å²) in [4.78, 5) is 16.0. The van der Waals surface area contributed by atoms with Gasteiger partial charge in [-0.25, -0.2) is 4.79 Å². The molecule has 0 unspecified atom stereocenters. The molecule has 0 atom stereocenters. The van der Waals surface area contributed by atoms with Crippen molar-refractivity contribution in [1.29, 1.82) is 0 Å². The number of amides is 2. The summed E-state index contributed by atoms with van der Waals surface area (Å²) < 4.78 is 10.8. The van der Waals surface area contributed by atoms with Gasteiger partial charge in [-0.05, 0) is 42.5 Å². The van der Waals surface area contributed by atoms with Crippen molar-refractivity contribution in [2.45, 2.75) is 25.4 Å². The predicted molar refractivity (Wildman–Crippen MR) is 101 cm³/mol. The van der Waals surface area contributed by atoms with E-state index in [0.29, 0.717) is 36.2 Å². The molecule has 2 aromatic rings. The number of ether oxygens (including phenoxy) is 2. The number of benzene rings is 1. The fraction of sp³-hybridized carbons (Fsp3) is 0.389. The minimum atomic E-state index is -0.152. The monoisotopic (exact) mass is 380 g/mol. The van der Waals surface area contributed by atoms with Crippen molar-refractivity contribution in [2.75, 3.05) is 25.6 Å². The van der Waals surface area contributed by atoms with Gasteiger partial charge in [-0.15, -0.1) is 11.3 Å². The second kappa shape index (κ2) is 8.56. The predicted octanol–water partition coefficient (Wildman–Crippen LogP) is 4.62. The van der Waals surface area contributed by atoms with E-state index in [1.54, 1.807) is 36.6 Å². The number of nitrogens with zero attached hydrogens (tertiary/aromatic N) is 1. The Labute approximate surface area is 156 Å². The number of urea groups is 1. The van der Waals surface area contributed by atoms with Gasteiger partial charge in [0, 0.05) is 29.2 Å². The van der Waals surface area contributed by atoms with E-state index in [9.17, 15) is 4.79 Å². The van der Waals surface area contributed by atoms with Crippen LogP contribution in [0, 0.1) is 0 Å². The molecule has 0 spiro atoms. The summed E-state index contributed by atoms with van der Waals surface area (Å²) in [6.45, 7) is 1.94. The van der Waals surface area contributed by atoms with Crippen LogP contribution in [0.5, 0.6) is 5.75 Å². The number of carbonyl (C=O) groups excluding carboxylic acids is 1. The molecule has 1 aromatic heterocycles. The Morgan fingerprint density at radius 2 is 2.20 bits per heavy atom. The van der Waals surface area contributed by atoms with Crippen LogP contribution in [0.2, 0.25) is 5.02 Å². The summed E-state index contributed by atoms with van der Waals surface area (Å²) in [5, 5.41) is 5.52. The lowest BCUT2D eigenvalue weighted by atomic mass is 10.1. The molecule has 2 heterocycles. The van der Waals surface area contributed by atoms with Crippen molar-refractivity contribution in [3.8, 4) is 5.75 Å². The zero-order chi connectivity index (χ0) is 17.6. The molecule has 0 aliphatic carbocycles. The number of rotatable bonds is 5. The van der Waals surface area contributed by atoms with Gasteiger partial charge in [-0.1, -0.05) is 17.7 Å². The van der Waals surface area contributed by atoms with Crippen LogP contribution in [-0.2, 0) is 11.3 Å². The van der Waals surface area contributed by atoms with Gasteiger partial charge in [0.05, 0.1) is 19.3 Å². The molecule has 7 heteroatoms. The Bertz CT molecular complexity index is 702. The summed E-state index contributed by atoms with van der Waals surface area (Å²) in [5.41, 5.74) is 0.572. The van der Waals surface area contributed by atoms with Crippen LogP contribution in [0.25, 0.3) is 0 Å². The third-order valence-electron chi connectivity index (χ3n) is 4.20. The fourth-order valence-electron chi connectivity index (χ4n) is 2.90. The van der Waals surface area contributed by atoms with Crippen LogP contribution in [0.3, 0.4) is 0 Å². The van der Waals surface area contributed by atoms with Gasteiger partial charge in [0.2, 0.25) is 0 Å². The molecule has 3 rings (SSSR count). The first kappa shape index (κ1) is 18.0. The van der Waals surface area contributed by atoms with Crippen LogP contribution in [0.15, 0.2) is 35.7 Å². The number of halogens is 1. The highest BCUT2D eigenvalue weighted by atomic mass is 35.5. The summed E-state index contributed by atoms with van der Waals surface area (Å²) >= 11 is 7.72. The highest BCUT2D eigenvalue weighted by molar-refractivity contribution is 7.09. The number of thiophene rings is 1. The first-order valence-corrected chi connectivity index (χ1v) is 9.44. The second-order valence-corrected chi connectivity index (χ2v) is 7.29. The van der Waals surface area contributed by atoms with Crippen molar-refractivity contribution in [3.63, 3.8) is 0 Å². The van der Waals surface area contributed by atoms with Gasteiger partial charge in [-0.2, -0.15) is 0 Å². The zero-order valence-corrected chi connectivity index (χ0v) is 15.6. The topological polar surface area (TPSA) is 50.8 Å². The smallest absolute Gasteiger partial charge is 0.322 e. The maximum absolute atomic E-state index is 13.0. The first-order chi connectivity index (χ1) is 12.2. The van der Waals surface area contributed by atoms with Gasteiger partial charge in [-0.3, -0.25) is 0 Å². The molecular formula is C18H21ClN2O3S. The summed E-state index contributed by atoms with van der Waals surface area (Å²) in [6.07, 6.45) is 1.68. The molecule has 1 N–H and O–H groups in total.